The van der Waals surface area contributed by atoms with Gasteiger partial charge in [-0.25, -0.2) is 0 Å². The first kappa shape index (κ1) is 14.8. The van der Waals surface area contributed by atoms with Crippen molar-refractivity contribution in [1.29, 1.82) is 0 Å². The molecule has 1 amide bonds. The molecule has 0 atom stereocenters. The molecule has 0 saturated carbocycles. The Kier molecular flexibility index (Phi) is 4.37. The molecule has 1 aromatic heterocycles. The predicted octanol–water partition coefficient (Wildman–Crippen LogP) is 1.77. The van der Waals surface area contributed by atoms with E-state index in [4.69, 9.17) is 5.11 Å². The van der Waals surface area contributed by atoms with Gasteiger partial charge in [0.25, 0.3) is 0 Å². The lowest BCUT2D eigenvalue weighted by atomic mass is 10.0. The van der Waals surface area contributed by atoms with Crippen LogP contribution in [0.1, 0.15) is 16.7 Å². The zero-order valence-corrected chi connectivity index (χ0v) is 12.0. The van der Waals surface area contributed by atoms with Crippen molar-refractivity contribution in [2.24, 2.45) is 0 Å². The SMILES string of the molecule is Cc1cc(C)cc(CC(=O)Nc2ccn(CC(=O)O)n2)c1. The molecule has 2 rings (SSSR count). The highest BCUT2D eigenvalue weighted by atomic mass is 16.4. The fourth-order valence-electron chi connectivity index (χ4n) is 2.20. The Morgan fingerprint density at radius 3 is 2.52 bits per heavy atom. The normalized spacial score (nSPS) is 10.4. The van der Waals surface area contributed by atoms with Crippen LogP contribution in [0.3, 0.4) is 0 Å². The second-order valence-corrected chi connectivity index (χ2v) is 5.01. The fourth-order valence-corrected chi connectivity index (χ4v) is 2.20. The van der Waals surface area contributed by atoms with Gasteiger partial charge in [-0.3, -0.25) is 14.3 Å². The fraction of sp³-hybridized carbons (Fsp3) is 0.267. The molecule has 2 aromatic rings. The minimum atomic E-state index is -0.980. The third kappa shape index (κ3) is 4.45. The number of carbonyl (C=O) groups excluding carboxylic acids is 1. The second kappa shape index (κ2) is 6.21. The van der Waals surface area contributed by atoms with Gasteiger partial charge < -0.3 is 10.4 Å². The summed E-state index contributed by atoms with van der Waals surface area (Å²) in [5, 5.41) is 15.3. The number of aliphatic carboxylic acids is 1. The van der Waals surface area contributed by atoms with Gasteiger partial charge >= 0.3 is 5.97 Å². The van der Waals surface area contributed by atoms with E-state index in [2.05, 4.69) is 16.5 Å². The average Bonchev–Trinajstić information content (AvgIpc) is 2.73. The second-order valence-electron chi connectivity index (χ2n) is 5.01. The molecule has 0 spiro atoms. The molecule has 21 heavy (non-hydrogen) atoms. The molecule has 0 unspecified atom stereocenters. The van der Waals surface area contributed by atoms with Crippen molar-refractivity contribution in [3.8, 4) is 0 Å². The number of anilines is 1. The first-order valence-electron chi connectivity index (χ1n) is 6.54. The molecule has 0 fully saturated rings. The highest BCUT2D eigenvalue weighted by Gasteiger charge is 2.08. The van der Waals surface area contributed by atoms with E-state index in [0.29, 0.717) is 5.82 Å². The van der Waals surface area contributed by atoms with Crippen LogP contribution < -0.4 is 5.32 Å². The lowest BCUT2D eigenvalue weighted by Gasteiger charge is -2.05. The number of hydrogen-bond donors (Lipinski definition) is 2. The van der Waals surface area contributed by atoms with Crippen LogP contribution in [-0.2, 0) is 22.6 Å². The monoisotopic (exact) mass is 287 g/mol. The first-order chi connectivity index (χ1) is 9.92. The van der Waals surface area contributed by atoms with Gasteiger partial charge in [0.05, 0.1) is 6.42 Å². The molecule has 0 saturated heterocycles. The Labute approximate surface area is 122 Å². The van der Waals surface area contributed by atoms with Gasteiger partial charge in [-0.05, 0) is 19.4 Å². The van der Waals surface area contributed by atoms with Crippen molar-refractivity contribution >= 4 is 17.7 Å². The Morgan fingerprint density at radius 1 is 1.24 bits per heavy atom. The van der Waals surface area contributed by atoms with Crippen LogP contribution in [0.4, 0.5) is 5.82 Å². The number of aromatic nitrogens is 2. The molecule has 0 radical (unpaired) electrons. The van der Waals surface area contributed by atoms with Gasteiger partial charge in [0, 0.05) is 12.3 Å². The highest BCUT2D eigenvalue weighted by Crippen LogP contribution is 2.10. The third-order valence-electron chi connectivity index (χ3n) is 2.85. The number of rotatable bonds is 5. The number of carboxylic acid groups (broad SMARTS) is 1. The molecule has 0 bridgehead atoms. The number of carbonyl (C=O) groups is 2. The molecule has 0 aliphatic heterocycles. The van der Waals surface area contributed by atoms with Gasteiger partial charge in [0.2, 0.25) is 5.91 Å². The highest BCUT2D eigenvalue weighted by molar-refractivity contribution is 5.91. The van der Waals surface area contributed by atoms with Crippen LogP contribution in [0, 0.1) is 13.8 Å². The van der Waals surface area contributed by atoms with Crippen LogP contribution in [0.2, 0.25) is 0 Å². The van der Waals surface area contributed by atoms with E-state index >= 15 is 0 Å². The van der Waals surface area contributed by atoms with Crippen molar-refractivity contribution in [2.45, 2.75) is 26.8 Å². The molecule has 0 aliphatic rings. The average molecular weight is 287 g/mol. The third-order valence-corrected chi connectivity index (χ3v) is 2.85. The number of aryl methyl sites for hydroxylation is 2. The van der Waals surface area contributed by atoms with Gasteiger partial charge in [-0.2, -0.15) is 5.10 Å². The first-order valence-corrected chi connectivity index (χ1v) is 6.54. The molecular weight excluding hydrogens is 270 g/mol. The Bertz CT molecular complexity index is 656. The summed E-state index contributed by atoms with van der Waals surface area (Å²) in [5.41, 5.74) is 3.17. The maximum Gasteiger partial charge on any atom is 0.325 e. The lowest BCUT2D eigenvalue weighted by molar-refractivity contribution is -0.137. The van der Waals surface area contributed by atoms with Crippen molar-refractivity contribution in [3.05, 3.63) is 47.2 Å². The van der Waals surface area contributed by atoms with E-state index in [1.54, 1.807) is 6.07 Å². The molecule has 6 nitrogen and oxygen atoms in total. The van der Waals surface area contributed by atoms with E-state index in [0.717, 1.165) is 16.7 Å². The molecule has 1 heterocycles. The Balaban J connectivity index is 1.98. The minimum Gasteiger partial charge on any atom is -0.480 e. The summed E-state index contributed by atoms with van der Waals surface area (Å²) in [6.45, 7) is 3.75. The Hall–Kier alpha value is -2.63. The largest absolute Gasteiger partial charge is 0.480 e. The van der Waals surface area contributed by atoms with Crippen LogP contribution in [0.15, 0.2) is 30.5 Å². The summed E-state index contributed by atoms with van der Waals surface area (Å²) in [6.07, 6.45) is 1.77. The number of benzene rings is 1. The Morgan fingerprint density at radius 2 is 1.90 bits per heavy atom. The van der Waals surface area contributed by atoms with E-state index in [9.17, 15) is 9.59 Å². The summed E-state index contributed by atoms with van der Waals surface area (Å²) >= 11 is 0. The van der Waals surface area contributed by atoms with Gasteiger partial charge in [-0.1, -0.05) is 29.3 Å². The molecule has 2 N–H and O–H groups in total. The molecule has 110 valence electrons. The number of amides is 1. The number of nitrogens with one attached hydrogen (secondary N) is 1. The van der Waals surface area contributed by atoms with Crippen molar-refractivity contribution in [2.75, 3.05) is 5.32 Å². The van der Waals surface area contributed by atoms with E-state index in [-0.39, 0.29) is 18.9 Å². The maximum absolute atomic E-state index is 12.0. The van der Waals surface area contributed by atoms with Crippen LogP contribution in [-0.4, -0.2) is 26.8 Å². The van der Waals surface area contributed by atoms with Crippen LogP contribution >= 0.6 is 0 Å². The van der Waals surface area contributed by atoms with Gasteiger partial charge in [0.15, 0.2) is 5.82 Å². The zero-order chi connectivity index (χ0) is 15.4. The van der Waals surface area contributed by atoms with Crippen molar-refractivity contribution in [1.82, 2.24) is 9.78 Å². The molecule has 6 heteroatoms. The summed E-state index contributed by atoms with van der Waals surface area (Å²) in [6, 6.07) is 7.56. The standard InChI is InChI=1S/C15H17N3O3/c1-10-5-11(2)7-12(6-10)8-14(19)16-13-3-4-18(17-13)9-15(20)21/h3-7H,8-9H2,1-2H3,(H,20,21)(H,16,17,19). The number of carboxylic acids is 1. The topological polar surface area (TPSA) is 84.2 Å². The summed E-state index contributed by atoms with van der Waals surface area (Å²) in [4.78, 5) is 22.5. The van der Waals surface area contributed by atoms with Crippen LogP contribution in [0.25, 0.3) is 0 Å². The van der Waals surface area contributed by atoms with E-state index in [1.807, 2.05) is 26.0 Å². The zero-order valence-electron chi connectivity index (χ0n) is 12.0. The van der Waals surface area contributed by atoms with E-state index < -0.39 is 5.97 Å². The summed E-state index contributed by atoms with van der Waals surface area (Å²) in [7, 11) is 0. The minimum absolute atomic E-state index is 0.180. The molecule has 0 aliphatic carbocycles. The lowest BCUT2D eigenvalue weighted by Crippen LogP contribution is -2.16. The summed E-state index contributed by atoms with van der Waals surface area (Å²) < 4.78 is 1.26. The van der Waals surface area contributed by atoms with Crippen molar-refractivity contribution in [3.63, 3.8) is 0 Å². The smallest absolute Gasteiger partial charge is 0.325 e. The number of hydrogen-bond acceptors (Lipinski definition) is 3. The number of nitrogens with zero attached hydrogens (tertiary/aromatic N) is 2. The molecular formula is C15H17N3O3. The predicted molar refractivity (Wildman–Crippen MR) is 78.1 cm³/mol. The summed E-state index contributed by atoms with van der Waals surface area (Å²) in [5.74, 6) is -0.808. The van der Waals surface area contributed by atoms with Gasteiger partial charge in [0.1, 0.15) is 6.54 Å². The van der Waals surface area contributed by atoms with Gasteiger partial charge in [-0.15, -0.1) is 0 Å². The maximum atomic E-state index is 12.0. The van der Waals surface area contributed by atoms with Crippen LogP contribution in [0.5, 0.6) is 0 Å². The van der Waals surface area contributed by atoms with Crippen molar-refractivity contribution < 1.29 is 14.7 Å². The molecule has 1 aromatic carbocycles. The van der Waals surface area contributed by atoms with E-state index in [1.165, 1.54) is 10.9 Å². The quantitative estimate of drug-likeness (QED) is 0.877.